The van der Waals surface area contributed by atoms with Crippen molar-refractivity contribution >= 4 is 5.91 Å². The molecule has 0 aliphatic heterocycles. The van der Waals surface area contributed by atoms with Crippen molar-refractivity contribution in [3.63, 3.8) is 0 Å². The van der Waals surface area contributed by atoms with Gasteiger partial charge in [-0.05, 0) is 36.1 Å². The van der Waals surface area contributed by atoms with Crippen molar-refractivity contribution in [2.75, 3.05) is 21.3 Å². The van der Waals surface area contributed by atoms with Crippen molar-refractivity contribution in [2.24, 2.45) is 0 Å². The van der Waals surface area contributed by atoms with Crippen LogP contribution in [0.2, 0.25) is 0 Å². The summed E-state index contributed by atoms with van der Waals surface area (Å²) in [4.78, 5) is 12.7. The summed E-state index contributed by atoms with van der Waals surface area (Å²) in [7, 11) is 4.61. The third-order valence-corrected chi connectivity index (χ3v) is 4.37. The van der Waals surface area contributed by atoms with Gasteiger partial charge >= 0.3 is 0 Å². The van der Waals surface area contributed by atoms with Crippen LogP contribution in [-0.2, 0) is 6.42 Å². The van der Waals surface area contributed by atoms with Gasteiger partial charge in [-0.25, -0.2) is 0 Å². The molecule has 0 bridgehead atoms. The Morgan fingerprint density at radius 3 is 2.33 bits per heavy atom. The van der Waals surface area contributed by atoms with E-state index < -0.39 is 0 Å². The lowest BCUT2D eigenvalue weighted by Gasteiger charge is -2.17. The smallest absolute Gasteiger partial charge is 0.252 e. The monoisotopic (exact) mass is 327 g/mol. The van der Waals surface area contributed by atoms with Gasteiger partial charge in [0.15, 0.2) is 11.5 Å². The summed E-state index contributed by atoms with van der Waals surface area (Å²) in [6, 6.07) is 11.6. The number of fused-ring (bicyclic) bond motifs is 1. The molecule has 5 heteroatoms. The minimum atomic E-state index is -0.157. The van der Waals surface area contributed by atoms with E-state index in [1.165, 1.54) is 32.5 Å². The fourth-order valence-electron chi connectivity index (χ4n) is 3.16. The average molecular weight is 327 g/mol. The maximum absolute atomic E-state index is 12.7. The van der Waals surface area contributed by atoms with Crippen molar-refractivity contribution < 1.29 is 19.0 Å². The van der Waals surface area contributed by atoms with E-state index in [-0.39, 0.29) is 11.9 Å². The minimum absolute atomic E-state index is 0.0350. The molecule has 2 aromatic rings. The molecule has 5 nitrogen and oxygen atoms in total. The Balaban J connectivity index is 1.86. The van der Waals surface area contributed by atoms with Crippen molar-refractivity contribution in [1.29, 1.82) is 0 Å². The van der Waals surface area contributed by atoms with Crippen LogP contribution in [0.15, 0.2) is 36.4 Å². The number of methoxy groups -OCH3 is 3. The molecule has 0 heterocycles. The van der Waals surface area contributed by atoms with Crippen LogP contribution in [0.4, 0.5) is 0 Å². The van der Waals surface area contributed by atoms with Crippen LogP contribution in [0.1, 0.15) is 33.9 Å². The predicted octanol–water partition coefficient (Wildman–Crippen LogP) is 3.13. The van der Waals surface area contributed by atoms with Gasteiger partial charge in [0.1, 0.15) is 0 Å². The molecule has 1 aliphatic rings. The molecule has 0 saturated carbocycles. The quantitative estimate of drug-likeness (QED) is 0.917. The number of carbonyl (C=O) groups excluding carboxylic acids is 1. The first-order chi connectivity index (χ1) is 11.7. The number of hydrogen-bond acceptors (Lipinski definition) is 4. The summed E-state index contributed by atoms with van der Waals surface area (Å²) in [5.74, 6) is 1.25. The van der Waals surface area contributed by atoms with Crippen LogP contribution in [0.25, 0.3) is 0 Å². The summed E-state index contributed by atoms with van der Waals surface area (Å²) in [6.07, 6.45) is 1.89. The van der Waals surface area contributed by atoms with Gasteiger partial charge in [0.05, 0.1) is 27.4 Å². The van der Waals surface area contributed by atoms with Crippen LogP contribution in [0.3, 0.4) is 0 Å². The second-order valence-electron chi connectivity index (χ2n) is 5.68. The Hall–Kier alpha value is -2.69. The van der Waals surface area contributed by atoms with Crippen molar-refractivity contribution in [3.05, 3.63) is 53.1 Å². The Morgan fingerprint density at radius 1 is 1.04 bits per heavy atom. The molecule has 0 radical (unpaired) electrons. The lowest BCUT2D eigenvalue weighted by molar-refractivity contribution is 0.0936. The zero-order valence-corrected chi connectivity index (χ0v) is 14.1. The number of hydrogen-bond donors (Lipinski definition) is 1. The highest BCUT2D eigenvalue weighted by molar-refractivity contribution is 5.96. The molecule has 0 saturated heterocycles. The van der Waals surface area contributed by atoms with Crippen LogP contribution in [-0.4, -0.2) is 27.2 Å². The molecule has 1 amide bonds. The zero-order valence-electron chi connectivity index (χ0n) is 14.1. The fraction of sp³-hybridized carbons (Fsp3) is 0.316. The highest BCUT2D eigenvalue weighted by atomic mass is 16.5. The van der Waals surface area contributed by atoms with Gasteiger partial charge in [-0.1, -0.05) is 24.3 Å². The van der Waals surface area contributed by atoms with Crippen molar-refractivity contribution in [1.82, 2.24) is 5.32 Å². The van der Waals surface area contributed by atoms with Crippen molar-refractivity contribution in [3.8, 4) is 17.2 Å². The normalized spacial score (nSPS) is 15.5. The Morgan fingerprint density at radius 2 is 1.71 bits per heavy atom. The van der Waals surface area contributed by atoms with Gasteiger partial charge in [-0.15, -0.1) is 0 Å². The van der Waals surface area contributed by atoms with E-state index in [1.807, 2.05) is 12.1 Å². The van der Waals surface area contributed by atoms with Gasteiger partial charge in [0.2, 0.25) is 5.75 Å². The number of benzene rings is 2. The van der Waals surface area contributed by atoms with E-state index in [2.05, 4.69) is 17.4 Å². The molecule has 0 unspecified atom stereocenters. The van der Waals surface area contributed by atoms with Gasteiger partial charge in [0.25, 0.3) is 5.91 Å². The SMILES string of the molecule is COc1cc(C(=O)N[C@@H]2CCc3ccccc32)cc(OC)c1OC. The molecule has 1 aliphatic carbocycles. The van der Waals surface area contributed by atoms with E-state index >= 15 is 0 Å². The zero-order chi connectivity index (χ0) is 17.1. The summed E-state index contributed by atoms with van der Waals surface area (Å²) in [5.41, 5.74) is 2.97. The summed E-state index contributed by atoms with van der Waals surface area (Å²) in [6.45, 7) is 0. The molecule has 0 aromatic heterocycles. The van der Waals surface area contributed by atoms with Crippen LogP contribution in [0, 0.1) is 0 Å². The van der Waals surface area contributed by atoms with Gasteiger partial charge < -0.3 is 19.5 Å². The van der Waals surface area contributed by atoms with E-state index in [0.29, 0.717) is 22.8 Å². The van der Waals surface area contributed by atoms with E-state index in [1.54, 1.807) is 12.1 Å². The Labute approximate surface area is 141 Å². The van der Waals surface area contributed by atoms with Gasteiger partial charge in [0, 0.05) is 5.56 Å². The largest absolute Gasteiger partial charge is 0.493 e. The van der Waals surface area contributed by atoms with Crippen LogP contribution < -0.4 is 19.5 Å². The molecule has 3 rings (SSSR count). The van der Waals surface area contributed by atoms with Crippen LogP contribution in [0.5, 0.6) is 17.2 Å². The number of rotatable bonds is 5. The second-order valence-corrected chi connectivity index (χ2v) is 5.68. The van der Waals surface area contributed by atoms with E-state index in [0.717, 1.165) is 12.8 Å². The molecule has 0 spiro atoms. The number of nitrogens with one attached hydrogen (secondary N) is 1. The standard InChI is InChI=1S/C19H21NO4/c1-22-16-10-13(11-17(23-2)18(16)24-3)19(21)20-15-9-8-12-6-4-5-7-14(12)15/h4-7,10-11,15H,8-9H2,1-3H3,(H,20,21)/t15-/m1/s1. The molecule has 126 valence electrons. The number of carbonyl (C=O) groups is 1. The third-order valence-electron chi connectivity index (χ3n) is 4.37. The molecule has 0 fully saturated rings. The van der Waals surface area contributed by atoms with Gasteiger partial charge in [-0.3, -0.25) is 4.79 Å². The molecular weight excluding hydrogens is 306 g/mol. The predicted molar refractivity (Wildman–Crippen MR) is 91.1 cm³/mol. The maximum atomic E-state index is 12.7. The molecule has 2 aromatic carbocycles. The Bertz CT molecular complexity index is 732. The number of aryl methyl sites for hydroxylation is 1. The highest BCUT2D eigenvalue weighted by Crippen LogP contribution is 2.38. The topological polar surface area (TPSA) is 56.8 Å². The minimum Gasteiger partial charge on any atom is -0.493 e. The lowest BCUT2D eigenvalue weighted by atomic mass is 10.1. The van der Waals surface area contributed by atoms with E-state index in [4.69, 9.17) is 14.2 Å². The third kappa shape index (κ3) is 2.89. The fourth-order valence-corrected chi connectivity index (χ4v) is 3.16. The second kappa shape index (κ2) is 6.83. The first-order valence-corrected chi connectivity index (χ1v) is 7.86. The number of ether oxygens (including phenoxy) is 3. The number of amides is 1. The first kappa shape index (κ1) is 16.2. The lowest BCUT2D eigenvalue weighted by Crippen LogP contribution is -2.27. The molecule has 1 atom stereocenters. The van der Waals surface area contributed by atoms with Crippen molar-refractivity contribution in [2.45, 2.75) is 18.9 Å². The van der Waals surface area contributed by atoms with Crippen LogP contribution >= 0.6 is 0 Å². The highest BCUT2D eigenvalue weighted by Gasteiger charge is 2.25. The molecule has 24 heavy (non-hydrogen) atoms. The molecular formula is C19H21NO4. The summed E-state index contributed by atoms with van der Waals surface area (Å²) in [5, 5.41) is 3.10. The summed E-state index contributed by atoms with van der Waals surface area (Å²) >= 11 is 0. The van der Waals surface area contributed by atoms with E-state index in [9.17, 15) is 4.79 Å². The average Bonchev–Trinajstić information content (AvgIpc) is 3.03. The Kier molecular flexibility index (Phi) is 4.60. The maximum Gasteiger partial charge on any atom is 0.252 e. The first-order valence-electron chi connectivity index (χ1n) is 7.86. The van der Waals surface area contributed by atoms with Gasteiger partial charge in [-0.2, -0.15) is 0 Å². The molecule has 1 N–H and O–H groups in total. The summed E-state index contributed by atoms with van der Waals surface area (Å²) < 4.78 is 15.9.